The normalized spacial score (nSPS) is 9.90. The predicted octanol–water partition coefficient (Wildman–Crippen LogP) is 11.9. The molecule has 8 aromatic rings. The fraction of sp³-hybridized carbons (Fsp3) is 0.154. The molecule has 0 unspecified atom stereocenters. The third-order valence-corrected chi connectivity index (χ3v) is 10.1. The third kappa shape index (κ3) is 15.4. The van der Waals surface area contributed by atoms with Gasteiger partial charge in [0.15, 0.2) is 0 Å². The van der Waals surface area contributed by atoms with Gasteiger partial charge in [0.25, 0.3) is 5.69 Å². The Kier molecular flexibility index (Phi) is 19.1. The molecule has 0 fully saturated rings. The molecule has 1 radical (unpaired) electrons. The summed E-state index contributed by atoms with van der Waals surface area (Å²) in [6.45, 7) is 16.3. The Morgan fingerprint density at radius 1 is 0.532 bits per heavy atom. The maximum absolute atomic E-state index is 9.75. The molecular weight excluding hydrogens is 833 g/mol. The first kappa shape index (κ1) is 48.1. The molecule has 315 valence electrons. The molecule has 4 aromatic carbocycles. The van der Waals surface area contributed by atoms with E-state index in [0.717, 1.165) is 49.5 Å². The second-order valence-electron chi connectivity index (χ2n) is 14.7. The van der Waals surface area contributed by atoms with Gasteiger partial charge in [0.2, 0.25) is 6.20 Å². The summed E-state index contributed by atoms with van der Waals surface area (Å²) in [5, 5.41) is 18.0. The van der Waals surface area contributed by atoms with Crippen molar-refractivity contribution in [2.75, 3.05) is 5.73 Å². The highest BCUT2D eigenvalue weighted by Gasteiger charge is 2.15. The zero-order chi connectivity index (χ0) is 45.0. The van der Waals surface area contributed by atoms with Gasteiger partial charge < -0.3 is 15.4 Å². The zero-order valence-corrected chi connectivity index (χ0v) is 38.3. The van der Waals surface area contributed by atoms with Crippen molar-refractivity contribution < 1.29 is 19.6 Å². The summed E-state index contributed by atoms with van der Waals surface area (Å²) in [5.74, 6) is 1.22. The van der Waals surface area contributed by atoms with E-state index in [2.05, 4.69) is 106 Å². The van der Waals surface area contributed by atoms with E-state index in [1.165, 1.54) is 38.1 Å². The first-order valence-corrected chi connectivity index (χ1v) is 20.9. The summed E-state index contributed by atoms with van der Waals surface area (Å²) < 4.78 is 6.82. The van der Waals surface area contributed by atoms with Gasteiger partial charge in [-0.05, 0) is 154 Å². The van der Waals surface area contributed by atoms with E-state index in [1.807, 2.05) is 126 Å². The molecule has 0 aliphatic heterocycles. The molecule has 0 amide bonds. The van der Waals surface area contributed by atoms with Gasteiger partial charge in [0, 0.05) is 39.9 Å². The monoisotopic (exact) mass is 887 g/mol. The van der Waals surface area contributed by atoms with Crippen molar-refractivity contribution in [1.82, 2.24) is 15.0 Å². The molecule has 0 saturated carbocycles. The highest BCUT2D eigenvalue weighted by atomic mass is 79.9. The number of anilines is 1. The van der Waals surface area contributed by atoms with Crippen molar-refractivity contribution in [2.45, 2.75) is 55.4 Å². The van der Waals surface area contributed by atoms with Crippen LogP contribution in [0.4, 0.5) is 5.82 Å². The Bertz CT molecular complexity index is 2620. The maximum Gasteiger partial charge on any atom is 0.569 e. The molecular formula is C52H55BBrN5O3+. The lowest BCUT2D eigenvalue weighted by atomic mass is 10.0. The van der Waals surface area contributed by atoms with E-state index in [1.54, 1.807) is 18.5 Å². The number of hydrogen-bond donors (Lipinski definition) is 3. The van der Waals surface area contributed by atoms with Crippen LogP contribution in [0, 0.1) is 55.4 Å². The van der Waals surface area contributed by atoms with Crippen LogP contribution in [0.2, 0.25) is 0 Å². The largest absolute Gasteiger partial charge is 0.569 e. The van der Waals surface area contributed by atoms with Crippen LogP contribution in [0.5, 0.6) is 5.75 Å². The van der Waals surface area contributed by atoms with Crippen LogP contribution in [0.1, 0.15) is 44.5 Å². The molecule has 4 heterocycles. The quantitative estimate of drug-likeness (QED) is 0.0681. The zero-order valence-electron chi connectivity index (χ0n) is 36.7. The van der Waals surface area contributed by atoms with Gasteiger partial charge in [-0.25, -0.2) is 9.97 Å². The van der Waals surface area contributed by atoms with E-state index < -0.39 is 0 Å². The van der Waals surface area contributed by atoms with Gasteiger partial charge in [0.1, 0.15) is 16.2 Å². The molecule has 0 bridgehead atoms. The van der Waals surface area contributed by atoms with Crippen LogP contribution in [0.15, 0.2) is 169 Å². The molecule has 0 spiro atoms. The average Bonchev–Trinajstić information content (AvgIpc) is 3.24. The molecule has 62 heavy (non-hydrogen) atoms. The van der Waals surface area contributed by atoms with Crippen LogP contribution in [-0.4, -0.2) is 32.9 Å². The lowest BCUT2D eigenvalue weighted by Crippen LogP contribution is -2.32. The van der Waals surface area contributed by atoms with E-state index in [0.29, 0.717) is 19.3 Å². The van der Waals surface area contributed by atoms with Crippen molar-refractivity contribution in [1.29, 1.82) is 0 Å². The minimum Gasteiger partial charge on any atom is -0.537 e. The lowest BCUT2D eigenvalue weighted by Gasteiger charge is -2.06. The SMILES string of the molecule is Cc1cccc(-c2c(C)ccc[n+]2O)c1.Cc1cccc(-c2nc(N)ccc2C)c1.Cc1cccc(-c2ncccc2C)c1.Cc1cccc(O[B]O)c1.Cc1cccnc1Br. The van der Waals surface area contributed by atoms with Crippen LogP contribution < -0.4 is 15.1 Å². The van der Waals surface area contributed by atoms with Crippen LogP contribution >= 0.6 is 15.9 Å². The Labute approximate surface area is 376 Å². The number of rotatable bonds is 5. The van der Waals surface area contributed by atoms with Gasteiger partial charge in [-0.15, -0.1) is 0 Å². The third-order valence-electron chi connectivity index (χ3n) is 9.30. The predicted molar refractivity (Wildman–Crippen MR) is 258 cm³/mol. The van der Waals surface area contributed by atoms with Crippen molar-refractivity contribution >= 4 is 29.4 Å². The maximum atomic E-state index is 9.75. The summed E-state index contributed by atoms with van der Waals surface area (Å²) in [6, 6.07) is 47.9. The summed E-state index contributed by atoms with van der Waals surface area (Å²) in [5.41, 5.74) is 21.4. The number of nitrogens with zero attached hydrogens (tertiary/aromatic N) is 4. The first-order chi connectivity index (χ1) is 29.7. The molecule has 0 aliphatic carbocycles. The summed E-state index contributed by atoms with van der Waals surface area (Å²) in [6.07, 6.45) is 5.24. The van der Waals surface area contributed by atoms with Crippen molar-refractivity contribution in [3.8, 4) is 39.5 Å². The topological polar surface area (TPSA) is 118 Å². The lowest BCUT2D eigenvalue weighted by molar-refractivity contribution is -0.896. The number of benzene rings is 4. The summed E-state index contributed by atoms with van der Waals surface area (Å²) in [4.78, 5) is 12.7. The minimum absolute atomic E-state index is 0.567. The highest BCUT2D eigenvalue weighted by Crippen LogP contribution is 2.24. The molecule has 8 nitrogen and oxygen atoms in total. The Balaban J connectivity index is 0.000000173. The fourth-order valence-corrected chi connectivity index (χ4v) is 6.43. The Morgan fingerprint density at radius 3 is 1.55 bits per heavy atom. The standard InChI is InChI=1S/C13H14N2.C13H14NO.C13H13N.C7H8BO2.C6H6BrN/c1-9-4-3-5-11(8-9)13-10(2)6-7-12(14)15-13;1-10-5-3-7-12(9-10)13-11(2)6-4-8-14(13)15;1-10-5-3-7-12(9-10)13-11(2)6-4-8-14-13;1-6-3-2-4-7(5-6)10-8-9;1-5-3-2-4-8-6(5)7/h3-8H,1-2H3,(H2,14,15);3-9,15H,1-2H3;3-9H,1-2H3;2-5,9H,1H3;2-4H,1H3/q;+1;;;. The number of nitrogen functional groups attached to an aromatic ring is 1. The second-order valence-corrected chi connectivity index (χ2v) is 15.5. The van der Waals surface area contributed by atoms with Gasteiger partial charge in [-0.1, -0.05) is 95.6 Å². The second kappa shape index (κ2) is 24.6. The molecule has 0 atom stereocenters. The van der Waals surface area contributed by atoms with Crippen molar-refractivity contribution in [2.24, 2.45) is 0 Å². The van der Waals surface area contributed by atoms with Crippen molar-refractivity contribution in [3.63, 3.8) is 0 Å². The number of hydrogen-bond acceptors (Lipinski definition) is 7. The van der Waals surface area contributed by atoms with E-state index in [4.69, 9.17) is 15.4 Å². The number of pyridine rings is 4. The number of halogens is 1. The van der Waals surface area contributed by atoms with E-state index >= 15 is 0 Å². The van der Waals surface area contributed by atoms with Crippen LogP contribution in [-0.2, 0) is 0 Å². The molecule has 4 aromatic heterocycles. The van der Waals surface area contributed by atoms with E-state index in [-0.39, 0.29) is 0 Å². The average molecular weight is 889 g/mol. The molecule has 0 saturated heterocycles. The number of aryl methyl sites for hydroxylation is 8. The number of nitrogens with two attached hydrogens (primary N) is 1. The molecule has 4 N–H and O–H groups in total. The van der Waals surface area contributed by atoms with Crippen molar-refractivity contribution in [3.05, 3.63) is 213 Å². The van der Waals surface area contributed by atoms with Crippen LogP contribution in [0.3, 0.4) is 0 Å². The Hall–Kier alpha value is -6.62. The Morgan fingerprint density at radius 2 is 1.03 bits per heavy atom. The van der Waals surface area contributed by atoms with Gasteiger partial charge >= 0.3 is 7.69 Å². The first-order valence-electron chi connectivity index (χ1n) is 20.1. The number of aromatic nitrogens is 4. The van der Waals surface area contributed by atoms with Gasteiger partial charge in [-0.3, -0.25) is 10.2 Å². The van der Waals surface area contributed by atoms with Crippen LogP contribution in [0.25, 0.3) is 33.8 Å². The summed E-state index contributed by atoms with van der Waals surface area (Å²) in [7, 11) is 0.675. The molecule has 10 heteroatoms. The smallest absolute Gasteiger partial charge is 0.537 e. The molecule has 0 aliphatic rings. The summed E-state index contributed by atoms with van der Waals surface area (Å²) >= 11 is 3.28. The molecule has 8 rings (SSSR count). The van der Waals surface area contributed by atoms with Gasteiger partial charge in [0.05, 0.1) is 17.0 Å². The minimum atomic E-state index is 0.567. The van der Waals surface area contributed by atoms with E-state index in [9.17, 15) is 5.21 Å². The highest BCUT2D eigenvalue weighted by molar-refractivity contribution is 9.10. The fourth-order valence-electron chi connectivity index (χ4n) is 6.18. The van der Waals surface area contributed by atoms with Gasteiger partial charge in [-0.2, -0.15) is 0 Å².